The van der Waals surface area contributed by atoms with Crippen LogP contribution in [0.5, 0.6) is 0 Å². The number of hydrogen-bond donors (Lipinski definition) is 1. The standard InChI is InChI=1S/C15H19F2NO2/c1-4-20-14(19)15(3,18-10-5-6-10)11-8-12(16)9(2)7-13(11)17/h7-8,10,18H,4-6H2,1-3H3. The summed E-state index contributed by atoms with van der Waals surface area (Å²) in [4.78, 5) is 12.2. The zero-order valence-electron chi connectivity index (χ0n) is 11.9. The zero-order chi connectivity index (χ0) is 14.9. The molecule has 0 radical (unpaired) electrons. The van der Waals surface area contributed by atoms with E-state index in [9.17, 15) is 13.6 Å². The maximum atomic E-state index is 14.2. The molecule has 0 heterocycles. The third-order valence-corrected chi connectivity index (χ3v) is 3.54. The molecule has 5 heteroatoms. The molecule has 0 saturated heterocycles. The first-order valence-corrected chi connectivity index (χ1v) is 6.79. The van der Waals surface area contributed by atoms with Gasteiger partial charge in [-0.1, -0.05) is 0 Å². The Morgan fingerprint density at radius 1 is 1.40 bits per heavy atom. The highest BCUT2D eigenvalue weighted by atomic mass is 19.1. The maximum Gasteiger partial charge on any atom is 0.330 e. The smallest absolute Gasteiger partial charge is 0.330 e. The van der Waals surface area contributed by atoms with Gasteiger partial charge in [-0.05, 0) is 51.3 Å². The second-order valence-corrected chi connectivity index (χ2v) is 5.35. The van der Waals surface area contributed by atoms with Gasteiger partial charge in [0, 0.05) is 11.6 Å². The van der Waals surface area contributed by atoms with Crippen molar-refractivity contribution in [2.24, 2.45) is 0 Å². The van der Waals surface area contributed by atoms with Crippen LogP contribution in [-0.2, 0) is 15.1 Å². The summed E-state index contributed by atoms with van der Waals surface area (Å²) >= 11 is 0. The Kier molecular flexibility index (Phi) is 4.09. The highest BCUT2D eigenvalue weighted by Crippen LogP contribution is 2.32. The Morgan fingerprint density at radius 2 is 2.05 bits per heavy atom. The number of nitrogens with one attached hydrogen (secondary N) is 1. The van der Waals surface area contributed by atoms with Crippen molar-refractivity contribution in [1.29, 1.82) is 0 Å². The molecule has 0 aromatic heterocycles. The van der Waals surface area contributed by atoms with Crippen LogP contribution in [-0.4, -0.2) is 18.6 Å². The van der Waals surface area contributed by atoms with E-state index in [1.807, 2.05) is 0 Å². The molecule has 0 bridgehead atoms. The van der Waals surface area contributed by atoms with E-state index in [4.69, 9.17) is 4.74 Å². The van der Waals surface area contributed by atoms with Gasteiger partial charge in [0.05, 0.1) is 6.61 Å². The minimum absolute atomic E-state index is 0.00838. The van der Waals surface area contributed by atoms with Crippen LogP contribution < -0.4 is 5.32 Å². The van der Waals surface area contributed by atoms with Crippen molar-refractivity contribution >= 4 is 5.97 Å². The number of ether oxygens (including phenoxy) is 1. The molecule has 1 aliphatic rings. The Balaban J connectivity index is 2.44. The molecule has 1 aromatic rings. The molecule has 2 rings (SSSR count). The number of benzene rings is 1. The third kappa shape index (κ3) is 2.82. The minimum Gasteiger partial charge on any atom is -0.464 e. The van der Waals surface area contributed by atoms with Crippen LogP contribution in [0.1, 0.15) is 37.8 Å². The van der Waals surface area contributed by atoms with Crippen LogP contribution in [0.4, 0.5) is 8.78 Å². The largest absolute Gasteiger partial charge is 0.464 e. The molecule has 1 saturated carbocycles. The van der Waals surface area contributed by atoms with Crippen LogP contribution in [0, 0.1) is 18.6 Å². The fourth-order valence-electron chi connectivity index (χ4n) is 2.19. The van der Waals surface area contributed by atoms with Gasteiger partial charge in [-0.25, -0.2) is 13.6 Å². The van der Waals surface area contributed by atoms with Crippen LogP contribution in [0.2, 0.25) is 0 Å². The number of carbonyl (C=O) groups excluding carboxylic acids is 1. The fourth-order valence-corrected chi connectivity index (χ4v) is 2.19. The summed E-state index contributed by atoms with van der Waals surface area (Å²) in [6.07, 6.45) is 1.84. The molecule has 3 nitrogen and oxygen atoms in total. The molecule has 0 amide bonds. The van der Waals surface area contributed by atoms with E-state index in [2.05, 4.69) is 5.32 Å². The van der Waals surface area contributed by atoms with Gasteiger partial charge in [0.2, 0.25) is 0 Å². The van der Waals surface area contributed by atoms with Crippen molar-refractivity contribution < 1.29 is 18.3 Å². The monoisotopic (exact) mass is 283 g/mol. The normalized spacial score (nSPS) is 17.6. The van der Waals surface area contributed by atoms with Crippen LogP contribution in [0.3, 0.4) is 0 Å². The van der Waals surface area contributed by atoms with Crippen molar-refractivity contribution in [3.8, 4) is 0 Å². The highest BCUT2D eigenvalue weighted by molar-refractivity contribution is 5.82. The number of aryl methyl sites for hydroxylation is 1. The average molecular weight is 283 g/mol. The molecule has 1 atom stereocenters. The van der Waals surface area contributed by atoms with Crippen molar-refractivity contribution in [3.05, 3.63) is 34.9 Å². The van der Waals surface area contributed by atoms with E-state index in [1.165, 1.54) is 13.8 Å². The Labute approximate surface area is 117 Å². The lowest BCUT2D eigenvalue weighted by Crippen LogP contribution is -2.49. The molecular weight excluding hydrogens is 264 g/mol. The molecule has 1 aromatic carbocycles. The van der Waals surface area contributed by atoms with Crippen molar-refractivity contribution in [2.75, 3.05) is 6.61 Å². The SMILES string of the molecule is CCOC(=O)C(C)(NC1CC1)c1cc(F)c(C)cc1F. The Morgan fingerprint density at radius 3 is 2.60 bits per heavy atom. The second-order valence-electron chi connectivity index (χ2n) is 5.35. The predicted octanol–water partition coefficient (Wildman–Crippen LogP) is 2.80. The average Bonchev–Trinajstić information content (AvgIpc) is 3.17. The van der Waals surface area contributed by atoms with Gasteiger partial charge in [-0.15, -0.1) is 0 Å². The lowest BCUT2D eigenvalue weighted by molar-refractivity contribution is -0.151. The van der Waals surface area contributed by atoms with Crippen molar-refractivity contribution in [2.45, 2.75) is 45.2 Å². The van der Waals surface area contributed by atoms with Crippen LogP contribution in [0.25, 0.3) is 0 Å². The fraction of sp³-hybridized carbons (Fsp3) is 0.533. The summed E-state index contributed by atoms with van der Waals surface area (Å²) < 4.78 is 33.0. The lowest BCUT2D eigenvalue weighted by atomic mass is 9.90. The second kappa shape index (κ2) is 5.48. The van der Waals surface area contributed by atoms with E-state index >= 15 is 0 Å². The molecule has 0 aliphatic heterocycles. The van der Waals surface area contributed by atoms with Crippen molar-refractivity contribution in [3.63, 3.8) is 0 Å². The molecule has 1 unspecified atom stereocenters. The summed E-state index contributed by atoms with van der Waals surface area (Å²) in [5.41, 5.74) is -1.16. The highest BCUT2D eigenvalue weighted by Gasteiger charge is 2.43. The van der Waals surface area contributed by atoms with Crippen LogP contribution >= 0.6 is 0 Å². The first-order chi connectivity index (χ1) is 9.38. The third-order valence-electron chi connectivity index (χ3n) is 3.54. The summed E-state index contributed by atoms with van der Waals surface area (Å²) in [5.74, 6) is -1.73. The Bertz CT molecular complexity index is 529. The van der Waals surface area contributed by atoms with E-state index in [0.29, 0.717) is 0 Å². The van der Waals surface area contributed by atoms with Gasteiger partial charge < -0.3 is 4.74 Å². The van der Waals surface area contributed by atoms with E-state index in [-0.39, 0.29) is 23.8 Å². The number of esters is 1. The number of hydrogen-bond acceptors (Lipinski definition) is 3. The number of carbonyl (C=O) groups is 1. The molecule has 0 spiro atoms. The van der Waals surface area contributed by atoms with Crippen LogP contribution in [0.15, 0.2) is 12.1 Å². The van der Waals surface area contributed by atoms with Gasteiger partial charge in [-0.2, -0.15) is 0 Å². The number of halogens is 2. The van der Waals surface area contributed by atoms with Gasteiger partial charge >= 0.3 is 5.97 Å². The molecule has 1 N–H and O–H groups in total. The van der Waals surface area contributed by atoms with Gasteiger partial charge in [-0.3, -0.25) is 5.32 Å². The zero-order valence-corrected chi connectivity index (χ0v) is 11.9. The lowest BCUT2D eigenvalue weighted by Gasteiger charge is -2.29. The molecular formula is C15H19F2NO2. The summed E-state index contributed by atoms with van der Waals surface area (Å²) in [7, 11) is 0. The summed E-state index contributed by atoms with van der Waals surface area (Å²) in [5, 5.41) is 3.07. The van der Waals surface area contributed by atoms with E-state index < -0.39 is 23.1 Å². The summed E-state index contributed by atoms with van der Waals surface area (Å²) in [6, 6.07) is 2.33. The van der Waals surface area contributed by atoms with E-state index in [1.54, 1.807) is 6.92 Å². The maximum absolute atomic E-state index is 14.2. The molecule has 1 fully saturated rings. The molecule has 110 valence electrons. The Hall–Kier alpha value is -1.49. The minimum atomic E-state index is -1.37. The van der Waals surface area contributed by atoms with Gasteiger partial charge in [0.25, 0.3) is 0 Å². The first kappa shape index (κ1) is 14.9. The van der Waals surface area contributed by atoms with Crippen molar-refractivity contribution in [1.82, 2.24) is 5.32 Å². The molecule has 20 heavy (non-hydrogen) atoms. The van der Waals surface area contributed by atoms with Gasteiger partial charge in [0.15, 0.2) is 0 Å². The summed E-state index contributed by atoms with van der Waals surface area (Å²) in [6.45, 7) is 4.90. The van der Waals surface area contributed by atoms with E-state index in [0.717, 1.165) is 25.0 Å². The number of rotatable bonds is 5. The first-order valence-electron chi connectivity index (χ1n) is 6.79. The topological polar surface area (TPSA) is 38.3 Å². The predicted molar refractivity (Wildman–Crippen MR) is 71.2 cm³/mol. The van der Waals surface area contributed by atoms with Gasteiger partial charge in [0.1, 0.15) is 17.2 Å². The molecule has 1 aliphatic carbocycles. The quantitative estimate of drug-likeness (QED) is 0.844.